The maximum atomic E-state index is 12.5. The first kappa shape index (κ1) is 19.5. The molecule has 2 aromatic rings. The summed E-state index contributed by atoms with van der Waals surface area (Å²) in [5, 5.41) is 6.17. The number of aromatic nitrogens is 2. The van der Waals surface area contributed by atoms with Gasteiger partial charge in [-0.3, -0.25) is 4.98 Å². The summed E-state index contributed by atoms with van der Waals surface area (Å²) in [6.07, 6.45) is -1.95. The van der Waals surface area contributed by atoms with Gasteiger partial charge in [-0.05, 0) is 25.1 Å². The fraction of sp³-hybridized carbons (Fsp3) is 0.353. The van der Waals surface area contributed by atoms with Crippen molar-refractivity contribution in [1.82, 2.24) is 20.6 Å². The lowest BCUT2D eigenvalue weighted by Gasteiger charge is -2.12. The quantitative estimate of drug-likeness (QED) is 0.447. The molecule has 6 nitrogen and oxygen atoms in total. The minimum atomic E-state index is -4.40. The molecule has 2 aromatic heterocycles. The van der Waals surface area contributed by atoms with E-state index in [1.54, 1.807) is 6.20 Å². The zero-order chi connectivity index (χ0) is 18.8. The number of rotatable bonds is 7. The molecule has 0 atom stereocenters. The lowest BCUT2D eigenvalue weighted by atomic mass is 10.3. The fourth-order valence-corrected chi connectivity index (χ4v) is 1.95. The Bertz CT molecular complexity index is 690. The van der Waals surface area contributed by atoms with Crippen LogP contribution in [0.15, 0.2) is 47.7 Å². The molecule has 2 N–H and O–H groups in total. The maximum absolute atomic E-state index is 12.5. The van der Waals surface area contributed by atoms with Gasteiger partial charge in [-0.15, -0.1) is 0 Å². The number of aliphatic imine (C=N–C) groups is 1. The summed E-state index contributed by atoms with van der Waals surface area (Å²) in [6.45, 7) is 3.70. The third-order valence-corrected chi connectivity index (χ3v) is 3.18. The summed E-state index contributed by atoms with van der Waals surface area (Å²) >= 11 is 0. The first-order valence-electron chi connectivity index (χ1n) is 8.07. The Hall–Kier alpha value is -2.84. The molecule has 140 valence electrons. The van der Waals surface area contributed by atoms with Crippen LogP contribution in [0, 0.1) is 0 Å². The van der Waals surface area contributed by atoms with Crippen molar-refractivity contribution < 1.29 is 17.9 Å². The average Bonchev–Trinajstić information content (AvgIpc) is 2.63. The molecule has 0 spiro atoms. The van der Waals surface area contributed by atoms with E-state index in [9.17, 15) is 13.2 Å². The van der Waals surface area contributed by atoms with E-state index in [0.29, 0.717) is 25.6 Å². The Kier molecular flexibility index (Phi) is 7.19. The van der Waals surface area contributed by atoms with E-state index in [1.165, 1.54) is 6.07 Å². The summed E-state index contributed by atoms with van der Waals surface area (Å²) in [5.74, 6) is 0.734. The van der Waals surface area contributed by atoms with Gasteiger partial charge in [0.1, 0.15) is 6.61 Å². The van der Waals surface area contributed by atoms with Crippen LogP contribution in [0.5, 0.6) is 5.88 Å². The molecule has 0 amide bonds. The Morgan fingerprint density at radius 1 is 1.15 bits per heavy atom. The van der Waals surface area contributed by atoms with Crippen LogP contribution < -0.4 is 15.4 Å². The smallest absolute Gasteiger partial charge is 0.417 e. The van der Waals surface area contributed by atoms with Gasteiger partial charge in [0.05, 0.1) is 24.3 Å². The molecule has 0 saturated heterocycles. The van der Waals surface area contributed by atoms with Gasteiger partial charge in [0.2, 0.25) is 5.88 Å². The fourth-order valence-electron chi connectivity index (χ4n) is 1.95. The highest BCUT2D eigenvalue weighted by Crippen LogP contribution is 2.29. The monoisotopic (exact) mass is 367 g/mol. The lowest BCUT2D eigenvalue weighted by Crippen LogP contribution is -2.39. The predicted octanol–water partition coefficient (Wildman–Crippen LogP) is 2.63. The molecular formula is C17H20F3N5O. The van der Waals surface area contributed by atoms with E-state index in [2.05, 4.69) is 25.6 Å². The minimum absolute atomic E-state index is 0.134. The van der Waals surface area contributed by atoms with E-state index < -0.39 is 11.7 Å². The normalized spacial score (nSPS) is 11.9. The second-order valence-corrected chi connectivity index (χ2v) is 5.17. The molecule has 0 radical (unpaired) electrons. The summed E-state index contributed by atoms with van der Waals surface area (Å²) in [4.78, 5) is 12.2. The summed E-state index contributed by atoms with van der Waals surface area (Å²) in [5.41, 5.74) is 0.0361. The second-order valence-electron chi connectivity index (χ2n) is 5.17. The van der Waals surface area contributed by atoms with Crippen LogP contribution in [0.4, 0.5) is 13.2 Å². The number of nitrogens with one attached hydrogen (secondary N) is 2. The number of pyridine rings is 2. The lowest BCUT2D eigenvalue weighted by molar-refractivity contribution is -0.137. The molecule has 0 saturated carbocycles. The van der Waals surface area contributed by atoms with Gasteiger partial charge in [-0.1, -0.05) is 6.07 Å². The topological polar surface area (TPSA) is 71.4 Å². The minimum Gasteiger partial charge on any atom is -0.476 e. The van der Waals surface area contributed by atoms with Crippen LogP contribution in [0.1, 0.15) is 18.2 Å². The van der Waals surface area contributed by atoms with Crippen molar-refractivity contribution in [2.24, 2.45) is 4.99 Å². The van der Waals surface area contributed by atoms with Gasteiger partial charge in [-0.25, -0.2) is 9.98 Å². The van der Waals surface area contributed by atoms with Crippen LogP contribution >= 0.6 is 0 Å². The first-order chi connectivity index (χ1) is 12.5. The molecule has 0 fully saturated rings. The van der Waals surface area contributed by atoms with Crippen LogP contribution in [0.3, 0.4) is 0 Å². The molecular weight excluding hydrogens is 347 g/mol. The highest BCUT2D eigenvalue weighted by Gasteiger charge is 2.30. The number of guanidine groups is 1. The van der Waals surface area contributed by atoms with Crippen molar-refractivity contribution in [3.05, 3.63) is 54.0 Å². The Morgan fingerprint density at radius 3 is 2.62 bits per heavy atom. The predicted molar refractivity (Wildman–Crippen MR) is 91.8 cm³/mol. The molecule has 2 rings (SSSR count). The van der Waals surface area contributed by atoms with Crippen LogP contribution in [0.2, 0.25) is 0 Å². The third-order valence-electron chi connectivity index (χ3n) is 3.18. The van der Waals surface area contributed by atoms with Crippen LogP contribution in [0.25, 0.3) is 0 Å². The number of alkyl halides is 3. The van der Waals surface area contributed by atoms with Crippen LogP contribution in [-0.4, -0.2) is 35.6 Å². The van der Waals surface area contributed by atoms with Crippen molar-refractivity contribution in [2.75, 3.05) is 19.7 Å². The van der Waals surface area contributed by atoms with Crippen molar-refractivity contribution in [3.8, 4) is 5.88 Å². The molecule has 0 unspecified atom stereocenters. The number of hydrogen-bond donors (Lipinski definition) is 2. The summed E-state index contributed by atoms with van der Waals surface area (Å²) in [6, 6.07) is 7.75. The second kappa shape index (κ2) is 9.59. The van der Waals surface area contributed by atoms with Gasteiger partial charge in [0, 0.05) is 25.0 Å². The molecule has 0 bridgehead atoms. The number of ether oxygens (including phenoxy) is 1. The summed E-state index contributed by atoms with van der Waals surface area (Å²) < 4.78 is 42.7. The van der Waals surface area contributed by atoms with E-state index in [-0.39, 0.29) is 12.5 Å². The van der Waals surface area contributed by atoms with Gasteiger partial charge >= 0.3 is 6.18 Å². The van der Waals surface area contributed by atoms with Crippen molar-refractivity contribution in [3.63, 3.8) is 0 Å². The average molecular weight is 367 g/mol. The van der Waals surface area contributed by atoms with Gasteiger partial charge in [0.15, 0.2) is 5.96 Å². The van der Waals surface area contributed by atoms with E-state index in [0.717, 1.165) is 18.0 Å². The number of halogens is 3. The van der Waals surface area contributed by atoms with Crippen molar-refractivity contribution in [2.45, 2.75) is 19.6 Å². The standard InChI is InChI=1S/C17H20F3N5O/c1-2-21-16(25-12-14-5-3-4-8-22-14)23-9-10-26-15-7-6-13(11-24-15)17(18,19)20/h3-8,11H,2,9-10,12H2,1H3,(H2,21,23,25). The molecule has 0 aliphatic heterocycles. The Morgan fingerprint density at radius 2 is 2.00 bits per heavy atom. The number of hydrogen-bond acceptors (Lipinski definition) is 4. The van der Waals surface area contributed by atoms with Gasteiger partial charge in [0.25, 0.3) is 0 Å². The Balaban J connectivity index is 1.78. The molecule has 0 aromatic carbocycles. The zero-order valence-electron chi connectivity index (χ0n) is 14.3. The SMILES string of the molecule is CCNC(=NCc1ccccn1)NCCOc1ccc(C(F)(F)F)cn1. The van der Waals surface area contributed by atoms with Crippen molar-refractivity contribution in [1.29, 1.82) is 0 Å². The Labute approximate surface area is 149 Å². The number of nitrogens with zero attached hydrogens (tertiary/aromatic N) is 3. The summed E-state index contributed by atoms with van der Waals surface area (Å²) in [7, 11) is 0. The van der Waals surface area contributed by atoms with Crippen LogP contribution in [-0.2, 0) is 12.7 Å². The third kappa shape index (κ3) is 6.58. The zero-order valence-corrected chi connectivity index (χ0v) is 14.3. The van der Waals surface area contributed by atoms with Crippen molar-refractivity contribution >= 4 is 5.96 Å². The van der Waals surface area contributed by atoms with E-state index >= 15 is 0 Å². The van der Waals surface area contributed by atoms with E-state index in [1.807, 2.05) is 25.1 Å². The molecule has 0 aliphatic carbocycles. The van der Waals surface area contributed by atoms with E-state index in [4.69, 9.17) is 4.74 Å². The molecule has 26 heavy (non-hydrogen) atoms. The highest BCUT2D eigenvalue weighted by molar-refractivity contribution is 5.79. The molecule has 9 heteroatoms. The highest BCUT2D eigenvalue weighted by atomic mass is 19.4. The maximum Gasteiger partial charge on any atom is 0.417 e. The largest absolute Gasteiger partial charge is 0.476 e. The van der Waals surface area contributed by atoms with Gasteiger partial charge in [-0.2, -0.15) is 13.2 Å². The molecule has 2 heterocycles. The first-order valence-corrected chi connectivity index (χ1v) is 8.07. The molecule has 0 aliphatic rings. The van der Waals surface area contributed by atoms with Gasteiger partial charge < -0.3 is 15.4 Å².